The van der Waals surface area contributed by atoms with Gasteiger partial charge in [-0.2, -0.15) is 4.68 Å². The molecular formula is C20H14N2O3. The predicted octanol–water partition coefficient (Wildman–Crippen LogP) is 4.28. The second-order valence-electron chi connectivity index (χ2n) is 5.38. The number of aromatic nitrogens is 2. The van der Waals surface area contributed by atoms with Crippen LogP contribution in [0.15, 0.2) is 94.1 Å². The lowest BCUT2D eigenvalue weighted by Crippen LogP contribution is -2.13. The highest BCUT2D eigenvalue weighted by Crippen LogP contribution is 2.22. The molecule has 5 heteroatoms. The van der Waals surface area contributed by atoms with Gasteiger partial charge >= 0.3 is 11.8 Å². The van der Waals surface area contributed by atoms with Crippen molar-refractivity contribution in [2.24, 2.45) is 0 Å². The standard InChI is InChI=1S/C20H14N2O3/c23-20-22(21-19(25-20)24-18-12-5-2-6-13-18)17-11-7-10-16(14-17)15-8-3-1-4-9-15/h1-14H. The Hall–Kier alpha value is -3.60. The van der Waals surface area contributed by atoms with Gasteiger partial charge in [0.25, 0.3) is 0 Å². The van der Waals surface area contributed by atoms with Gasteiger partial charge in [-0.05, 0) is 35.4 Å². The summed E-state index contributed by atoms with van der Waals surface area (Å²) in [5.41, 5.74) is 2.65. The predicted molar refractivity (Wildman–Crippen MR) is 94.1 cm³/mol. The van der Waals surface area contributed by atoms with Crippen LogP contribution in [-0.4, -0.2) is 9.78 Å². The minimum Gasteiger partial charge on any atom is -0.410 e. The molecule has 0 N–H and O–H groups in total. The van der Waals surface area contributed by atoms with E-state index in [9.17, 15) is 4.79 Å². The first-order valence-electron chi connectivity index (χ1n) is 7.78. The average Bonchev–Trinajstić information content (AvgIpc) is 3.03. The smallest absolute Gasteiger partial charge is 0.410 e. The lowest BCUT2D eigenvalue weighted by Gasteiger charge is -2.04. The average molecular weight is 330 g/mol. The molecule has 0 bridgehead atoms. The number of ether oxygens (including phenoxy) is 1. The number of nitrogens with zero attached hydrogens (tertiary/aromatic N) is 2. The minimum atomic E-state index is -0.601. The van der Waals surface area contributed by atoms with Crippen molar-refractivity contribution in [2.45, 2.75) is 0 Å². The van der Waals surface area contributed by atoms with Crippen molar-refractivity contribution < 1.29 is 9.15 Å². The number of para-hydroxylation sites is 1. The molecule has 1 aromatic heterocycles. The van der Waals surface area contributed by atoms with E-state index in [0.717, 1.165) is 11.1 Å². The van der Waals surface area contributed by atoms with Gasteiger partial charge in [-0.25, -0.2) is 4.79 Å². The van der Waals surface area contributed by atoms with Crippen LogP contribution in [0.25, 0.3) is 16.8 Å². The van der Waals surface area contributed by atoms with Gasteiger partial charge in [0.05, 0.1) is 5.69 Å². The van der Waals surface area contributed by atoms with Crippen LogP contribution in [0.5, 0.6) is 11.8 Å². The van der Waals surface area contributed by atoms with Crippen LogP contribution in [-0.2, 0) is 0 Å². The second-order valence-corrected chi connectivity index (χ2v) is 5.38. The Morgan fingerprint density at radius 1 is 0.800 bits per heavy atom. The number of rotatable bonds is 4. The summed E-state index contributed by atoms with van der Waals surface area (Å²) < 4.78 is 11.8. The zero-order valence-electron chi connectivity index (χ0n) is 13.2. The molecule has 0 aliphatic carbocycles. The highest BCUT2D eigenvalue weighted by molar-refractivity contribution is 5.65. The fraction of sp³-hybridized carbons (Fsp3) is 0. The molecule has 25 heavy (non-hydrogen) atoms. The van der Waals surface area contributed by atoms with Crippen LogP contribution in [0.2, 0.25) is 0 Å². The Labute approximate surface area is 143 Å². The first-order valence-corrected chi connectivity index (χ1v) is 7.78. The van der Waals surface area contributed by atoms with E-state index < -0.39 is 5.76 Å². The highest BCUT2D eigenvalue weighted by Gasteiger charge is 2.12. The van der Waals surface area contributed by atoms with Gasteiger partial charge in [0.15, 0.2) is 0 Å². The zero-order chi connectivity index (χ0) is 17.1. The molecule has 4 rings (SSSR count). The molecular weight excluding hydrogens is 316 g/mol. The minimum absolute atomic E-state index is 0.0960. The molecule has 0 spiro atoms. The fourth-order valence-electron chi connectivity index (χ4n) is 2.50. The van der Waals surface area contributed by atoms with Crippen molar-refractivity contribution in [1.82, 2.24) is 9.78 Å². The van der Waals surface area contributed by atoms with Crippen molar-refractivity contribution in [1.29, 1.82) is 0 Å². The summed E-state index contributed by atoms with van der Waals surface area (Å²) in [6, 6.07) is 26.5. The maximum Gasteiger partial charge on any atom is 0.444 e. The largest absolute Gasteiger partial charge is 0.444 e. The van der Waals surface area contributed by atoms with Gasteiger partial charge in [-0.15, -0.1) is 0 Å². The SMILES string of the molecule is O=c1oc(Oc2ccccc2)nn1-c1cccc(-c2ccccc2)c1. The van der Waals surface area contributed by atoms with Gasteiger partial charge in [-0.1, -0.05) is 65.8 Å². The molecule has 122 valence electrons. The number of benzene rings is 3. The van der Waals surface area contributed by atoms with Gasteiger partial charge < -0.3 is 9.15 Å². The summed E-state index contributed by atoms with van der Waals surface area (Å²) in [5.74, 6) is -0.0509. The van der Waals surface area contributed by atoms with Crippen molar-refractivity contribution in [3.8, 4) is 28.6 Å². The first-order chi connectivity index (χ1) is 12.3. The number of hydrogen-bond donors (Lipinski definition) is 0. The van der Waals surface area contributed by atoms with E-state index in [2.05, 4.69) is 5.10 Å². The van der Waals surface area contributed by atoms with Gasteiger partial charge in [0, 0.05) is 0 Å². The topological polar surface area (TPSA) is 57.3 Å². The fourth-order valence-corrected chi connectivity index (χ4v) is 2.50. The summed E-state index contributed by atoms with van der Waals surface area (Å²) in [6.07, 6.45) is -0.0960. The summed E-state index contributed by atoms with van der Waals surface area (Å²) in [6.45, 7) is 0. The van der Waals surface area contributed by atoms with E-state index in [1.165, 1.54) is 4.68 Å². The molecule has 0 aliphatic heterocycles. The Balaban J connectivity index is 1.68. The third kappa shape index (κ3) is 3.21. The van der Waals surface area contributed by atoms with Crippen LogP contribution in [0.1, 0.15) is 0 Å². The lowest BCUT2D eigenvalue weighted by atomic mass is 10.1. The molecule has 4 aromatic rings. The van der Waals surface area contributed by atoms with E-state index in [0.29, 0.717) is 11.4 Å². The maximum atomic E-state index is 12.1. The summed E-state index contributed by atoms with van der Waals surface area (Å²) in [5, 5.41) is 4.13. The molecule has 0 atom stereocenters. The molecule has 0 saturated carbocycles. The van der Waals surface area contributed by atoms with E-state index in [1.54, 1.807) is 18.2 Å². The highest BCUT2D eigenvalue weighted by atomic mass is 16.6. The maximum absolute atomic E-state index is 12.1. The number of hydrogen-bond acceptors (Lipinski definition) is 4. The molecule has 5 nitrogen and oxygen atoms in total. The molecule has 0 radical (unpaired) electrons. The molecule has 0 amide bonds. The zero-order valence-corrected chi connectivity index (χ0v) is 13.2. The molecule has 3 aromatic carbocycles. The van der Waals surface area contributed by atoms with Crippen LogP contribution < -0.4 is 10.5 Å². The van der Waals surface area contributed by atoms with Crippen LogP contribution in [0.4, 0.5) is 0 Å². The third-order valence-electron chi connectivity index (χ3n) is 3.68. The Morgan fingerprint density at radius 3 is 2.24 bits per heavy atom. The third-order valence-corrected chi connectivity index (χ3v) is 3.68. The van der Waals surface area contributed by atoms with Crippen molar-refractivity contribution in [3.05, 3.63) is 95.5 Å². The first kappa shape index (κ1) is 15.0. The molecule has 1 heterocycles. The van der Waals surface area contributed by atoms with E-state index in [-0.39, 0.29) is 6.08 Å². The molecule has 0 aliphatic rings. The van der Waals surface area contributed by atoms with Gasteiger partial charge in [-0.3, -0.25) is 0 Å². The van der Waals surface area contributed by atoms with Gasteiger partial charge in [0.1, 0.15) is 5.75 Å². The monoisotopic (exact) mass is 330 g/mol. The van der Waals surface area contributed by atoms with E-state index in [1.807, 2.05) is 66.7 Å². The lowest BCUT2D eigenvalue weighted by molar-refractivity contribution is 0.320. The normalized spacial score (nSPS) is 10.6. The van der Waals surface area contributed by atoms with E-state index >= 15 is 0 Å². The quantitative estimate of drug-likeness (QED) is 0.560. The van der Waals surface area contributed by atoms with Crippen molar-refractivity contribution in [3.63, 3.8) is 0 Å². The van der Waals surface area contributed by atoms with Gasteiger partial charge in [0.2, 0.25) is 0 Å². The molecule has 0 fully saturated rings. The Morgan fingerprint density at radius 2 is 1.48 bits per heavy atom. The Bertz CT molecular complexity index is 1040. The summed E-state index contributed by atoms with van der Waals surface area (Å²) >= 11 is 0. The summed E-state index contributed by atoms with van der Waals surface area (Å²) in [7, 11) is 0. The van der Waals surface area contributed by atoms with Crippen molar-refractivity contribution >= 4 is 0 Å². The summed E-state index contributed by atoms with van der Waals surface area (Å²) in [4.78, 5) is 12.1. The van der Waals surface area contributed by atoms with Crippen molar-refractivity contribution in [2.75, 3.05) is 0 Å². The van der Waals surface area contributed by atoms with Crippen LogP contribution >= 0.6 is 0 Å². The second kappa shape index (κ2) is 6.49. The molecule has 0 saturated heterocycles. The Kier molecular flexibility index (Phi) is 3.88. The van der Waals surface area contributed by atoms with E-state index in [4.69, 9.17) is 9.15 Å². The van der Waals surface area contributed by atoms with Crippen LogP contribution in [0, 0.1) is 0 Å². The molecule has 0 unspecified atom stereocenters. The van der Waals surface area contributed by atoms with Crippen LogP contribution in [0.3, 0.4) is 0 Å².